The van der Waals surface area contributed by atoms with E-state index < -0.39 is 58.2 Å². The van der Waals surface area contributed by atoms with Crippen LogP contribution in [0, 0.1) is 5.82 Å². The summed E-state index contributed by atoms with van der Waals surface area (Å²) in [6.07, 6.45) is -3.91. The van der Waals surface area contributed by atoms with Crippen LogP contribution in [0.25, 0.3) is 22.2 Å². The molecule has 0 aliphatic carbocycles. The molecule has 206 valence electrons. The van der Waals surface area contributed by atoms with E-state index in [4.69, 9.17) is 5.73 Å². The molecule has 0 saturated heterocycles. The number of alkyl halides is 5. The van der Waals surface area contributed by atoms with E-state index in [0.717, 1.165) is 18.5 Å². The van der Waals surface area contributed by atoms with Gasteiger partial charge < -0.3 is 15.6 Å². The molecule has 39 heavy (non-hydrogen) atoms. The first kappa shape index (κ1) is 27.6. The summed E-state index contributed by atoms with van der Waals surface area (Å²) in [6, 6.07) is 3.35. The Morgan fingerprint density at radius 1 is 1.18 bits per heavy atom. The summed E-state index contributed by atoms with van der Waals surface area (Å²) in [5.74, 6) is -1.56. The highest BCUT2D eigenvalue weighted by molar-refractivity contribution is 5.86. The molecule has 0 radical (unpaired) electrons. The number of halogens is 6. The number of rotatable bonds is 8. The number of benzene rings is 1. The van der Waals surface area contributed by atoms with Crippen molar-refractivity contribution in [3.8, 4) is 11.4 Å². The average Bonchev–Trinajstić information content (AvgIpc) is 2.84. The maximum absolute atomic E-state index is 14.9. The molecule has 0 aliphatic rings. The van der Waals surface area contributed by atoms with Gasteiger partial charge in [0.15, 0.2) is 5.82 Å². The molecule has 1 aromatic carbocycles. The Kier molecular flexibility index (Phi) is 7.60. The third-order valence-corrected chi connectivity index (χ3v) is 5.97. The Morgan fingerprint density at radius 2 is 1.92 bits per heavy atom. The lowest BCUT2D eigenvalue weighted by Crippen LogP contribution is -2.27. The smallest absolute Gasteiger partial charge is 0.383 e. The molecule has 3 aromatic heterocycles. The maximum atomic E-state index is 14.9. The molecule has 0 bridgehead atoms. The summed E-state index contributed by atoms with van der Waals surface area (Å²) in [5.41, 5.74) is 1.12. The summed E-state index contributed by atoms with van der Waals surface area (Å²) in [5, 5.41) is 8.20. The molecule has 4 aromatic rings. The quantitative estimate of drug-likeness (QED) is 0.274. The van der Waals surface area contributed by atoms with Gasteiger partial charge in [0.2, 0.25) is 0 Å². The number of hydrogen-bond donors (Lipinski definition) is 3. The molecular weight excluding hydrogens is 532 g/mol. The molecule has 4 N–H and O–H groups in total. The minimum atomic E-state index is -4.87. The third kappa shape index (κ3) is 5.86. The fraction of sp³-hybridized carbons (Fsp3) is 0.292. The molecule has 9 nitrogen and oxygen atoms in total. The number of anilines is 2. The zero-order valence-corrected chi connectivity index (χ0v) is 20.2. The van der Waals surface area contributed by atoms with E-state index in [2.05, 4.69) is 20.4 Å². The van der Waals surface area contributed by atoms with Crippen LogP contribution in [0.1, 0.15) is 37.3 Å². The van der Waals surface area contributed by atoms with Crippen LogP contribution < -0.4 is 22.2 Å². The van der Waals surface area contributed by atoms with Gasteiger partial charge in [-0.05, 0) is 43.4 Å². The Bertz CT molecular complexity index is 1630. The molecule has 1 atom stereocenters. The Balaban J connectivity index is 1.49. The zero-order valence-electron chi connectivity index (χ0n) is 20.2. The number of hydrogen-bond acceptors (Lipinski definition) is 7. The molecule has 0 fully saturated rings. The van der Waals surface area contributed by atoms with Crippen molar-refractivity contribution in [3.63, 3.8) is 0 Å². The molecule has 0 unspecified atom stereocenters. The van der Waals surface area contributed by atoms with Crippen molar-refractivity contribution < 1.29 is 26.3 Å². The first-order valence-corrected chi connectivity index (χ1v) is 11.5. The number of aromatic nitrogens is 5. The van der Waals surface area contributed by atoms with Crippen molar-refractivity contribution in [1.82, 2.24) is 24.7 Å². The lowest BCUT2D eigenvalue weighted by atomic mass is 10.1. The van der Waals surface area contributed by atoms with Gasteiger partial charge in [-0.3, -0.25) is 9.59 Å². The van der Waals surface area contributed by atoms with Crippen molar-refractivity contribution in [2.24, 2.45) is 0 Å². The summed E-state index contributed by atoms with van der Waals surface area (Å²) < 4.78 is 81.7. The first-order chi connectivity index (χ1) is 18.4. The number of pyridine rings is 1. The monoisotopic (exact) mass is 553 g/mol. The van der Waals surface area contributed by atoms with Crippen LogP contribution in [0.3, 0.4) is 0 Å². The topological polar surface area (TPSA) is 132 Å². The molecule has 0 amide bonds. The van der Waals surface area contributed by atoms with E-state index in [1.54, 1.807) is 18.1 Å². The molecule has 15 heteroatoms. The van der Waals surface area contributed by atoms with E-state index >= 15 is 0 Å². The number of H-pyrrole nitrogens is 1. The number of nitrogens with zero attached hydrogens (tertiary/aromatic N) is 4. The van der Waals surface area contributed by atoms with Crippen molar-refractivity contribution in [2.45, 2.75) is 45.0 Å². The van der Waals surface area contributed by atoms with Crippen molar-refractivity contribution in [3.05, 3.63) is 74.4 Å². The Labute approximate surface area is 215 Å². The van der Waals surface area contributed by atoms with Crippen molar-refractivity contribution >= 4 is 22.3 Å². The second-order valence-electron chi connectivity index (χ2n) is 8.74. The predicted molar refractivity (Wildman–Crippen MR) is 131 cm³/mol. The molecule has 0 aliphatic heterocycles. The SMILES string of the molecule is C[C@@H](CCCn1ccc2cc(-c3ncc(C(F)F)c(N)n3)c(F)cc2c1=O)Nc1cn[nH]c(=O)c1C(F)(F)F. The van der Waals surface area contributed by atoms with Gasteiger partial charge >= 0.3 is 6.18 Å². The van der Waals surface area contributed by atoms with E-state index in [1.165, 1.54) is 16.8 Å². The summed E-state index contributed by atoms with van der Waals surface area (Å²) in [7, 11) is 0. The minimum Gasteiger partial charge on any atom is -0.383 e. The maximum Gasteiger partial charge on any atom is 0.423 e. The lowest BCUT2D eigenvalue weighted by Gasteiger charge is -2.18. The van der Waals surface area contributed by atoms with Crippen LogP contribution >= 0.6 is 0 Å². The predicted octanol–water partition coefficient (Wildman–Crippen LogP) is 4.50. The van der Waals surface area contributed by atoms with Gasteiger partial charge in [-0.15, -0.1) is 0 Å². The number of fused-ring (bicyclic) bond motifs is 1. The Morgan fingerprint density at radius 3 is 2.59 bits per heavy atom. The molecule has 0 saturated carbocycles. The summed E-state index contributed by atoms with van der Waals surface area (Å²) in [4.78, 5) is 32.1. The van der Waals surface area contributed by atoms with Gasteiger partial charge in [-0.25, -0.2) is 28.2 Å². The number of nitrogens with two attached hydrogens (primary N) is 1. The van der Waals surface area contributed by atoms with Crippen molar-refractivity contribution in [1.29, 1.82) is 0 Å². The summed E-state index contributed by atoms with van der Waals surface area (Å²) >= 11 is 0. The van der Waals surface area contributed by atoms with Gasteiger partial charge in [-0.2, -0.15) is 18.3 Å². The van der Waals surface area contributed by atoms with Crippen LogP contribution in [-0.2, 0) is 12.7 Å². The molecule has 0 spiro atoms. The van der Waals surface area contributed by atoms with Crippen LogP contribution in [0.4, 0.5) is 37.8 Å². The first-order valence-electron chi connectivity index (χ1n) is 11.5. The van der Waals surface area contributed by atoms with Gasteiger partial charge in [0, 0.05) is 25.0 Å². The van der Waals surface area contributed by atoms with Gasteiger partial charge in [-0.1, -0.05) is 0 Å². The number of nitrogen functional groups attached to an aromatic ring is 1. The van der Waals surface area contributed by atoms with Crippen molar-refractivity contribution in [2.75, 3.05) is 11.1 Å². The van der Waals surface area contributed by atoms with E-state index in [1.807, 2.05) is 0 Å². The van der Waals surface area contributed by atoms with E-state index in [0.29, 0.717) is 18.2 Å². The standard InChI is InChI=1S/C24H21F6N7O2/c1-11(34-17-10-33-36-22(38)18(17)24(28,29)30)3-2-5-37-6-4-12-7-14(16(25)8-13(12)23(37)39)21-32-9-15(19(26)27)20(31)35-21/h4,6-11,19H,2-3,5H2,1H3,(H2,31,32,35)(H2,34,36,38)/t11-/m0/s1. The highest BCUT2D eigenvalue weighted by Gasteiger charge is 2.37. The normalized spacial score (nSPS) is 12.7. The minimum absolute atomic E-state index is 0.0477. The lowest BCUT2D eigenvalue weighted by molar-refractivity contribution is -0.138. The number of aromatic amines is 1. The van der Waals surface area contributed by atoms with Gasteiger partial charge in [0.1, 0.15) is 17.2 Å². The highest BCUT2D eigenvalue weighted by atomic mass is 19.4. The fourth-order valence-electron chi connectivity index (χ4n) is 4.05. The van der Waals surface area contributed by atoms with Gasteiger partial charge in [0.25, 0.3) is 17.5 Å². The third-order valence-electron chi connectivity index (χ3n) is 5.97. The average molecular weight is 553 g/mol. The summed E-state index contributed by atoms with van der Waals surface area (Å²) in [6.45, 7) is 1.79. The van der Waals surface area contributed by atoms with Crippen LogP contribution in [0.15, 0.2) is 46.4 Å². The molecule has 4 rings (SSSR count). The van der Waals surface area contributed by atoms with Crippen LogP contribution in [0.5, 0.6) is 0 Å². The molecule has 3 heterocycles. The Hall–Kier alpha value is -4.43. The van der Waals surface area contributed by atoms with Crippen LogP contribution in [-0.4, -0.2) is 30.8 Å². The van der Waals surface area contributed by atoms with E-state index in [9.17, 15) is 35.9 Å². The van der Waals surface area contributed by atoms with Crippen LogP contribution in [0.2, 0.25) is 0 Å². The van der Waals surface area contributed by atoms with E-state index in [-0.39, 0.29) is 23.3 Å². The number of nitrogens with one attached hydrogen (secondary N) is 2. The largest absolute Gasteiger partial charge is 0.423 e. The fourth-order valence-corrected chi connectivity index (χ4v) is 4.05. The second-order valence-corrected chi connectivity index (χ2v) is 8.74. The highest BCUT2D eigenvalue weighted by Crippen LogP contribution is 2.32. The number of aryl methyl sites for hydroxylation is 1. The zero-order chi connectivity index (χ0) is 28.5. The molecular formula is C24H21F6N7O2. The van der Waals surface area contributed by atoms with Gasteiger partial charge in [0.05, 0.1) is 28.4 Å². The second kappa shape index (κ2) is 10.7.